The molecular weight excluding hydrogens is 338 g/mol. The van der Waals surface area contributed by atoms with Crippen molar-refractivity contribution in [2.75, 3.05) is 0 Å². The molecular formula is C16H17BrClNO. The Balaban J connectivity index is 2.12. The van der Waals surface area contributed by atoms with Crippen molar-refractivity contribution in [1.29, 1.82) is 0 Å². The molecule has 2 unspecified atom stereocenters. The number of nitrogens with one attached hydrogen (secondary N) is 1. The van der Waals surface area contributed by atoms with Gasteiger partial charge in [-0.15, -0.1) is 0 Å². The summed E-state index contributed by atoms with van der Waals surface area (Å²) in [5.41, 5.74) is 2.10. The van der Waals surface area contributed by atoms with Crippen LogP contribution in [0.1, 0.15) is 37.1 Å². The van der Waals surface area contributed by atoms with Gasteiger partial charge in [-0.3, -0.25) is 0 Å². The fourth-order valence-corrected chi connectivity index (χ4v) is 3.04. The van der Waals surface area contributed by atoms with Crippen LogP contribution < -0.4 is 5.32 Å². The molecule has 0 saturated carbocycles. The summed E-state index contributed by atoms with van der Waals surface area (Å²) in [7, 11) is 0. The van der Waals surface area contributed by atoms with Crippen LogP contribution in [0.15, 0.2) is 46.9 Å². The molecule has 0 aliphatic rings. The average Bonchev–Trinajstić information content (AvgIpc) is 2.38. The van der Waals surface area contributed by atoms with Crippen molar-refractivity contribution < 1.29 is 5.11 Å². The quantitative estimate of drug-likeness (QED) is 0.789. The number of rotatable bonds is 4. The van der Waals surface area contributed by atoms with Gasteiger partial charge in [0.1, 0.15) is 5.75 Å². The third kappa shape index (κ3) is 3.75. The van der Waals surface area contributed by atoms with Crippen LogP contribution in [-0.2, 0) is 0 Å². The van der Waals surface area contributed by atoms with Gasteiger partial charge in [-0.25, -0.2) is 0 Å². The number of halogens is 2. The van der Waals surface area contributed by atoms with Crippen molar-refractivity contribution in [1.82, 2.24) is 5.32 Å². The van der Waals surface area contributed by atoms with Gasteiger partial charge >= 0.3 is 0 Å². The maximum Gasteiger partial charge on any atom is 0.115 e. The summed E-state index contributed by atoms with van der Waals surface area (Å²) >= 11 is 9.68. The lowest BCUT2D eigenvalue weighted by Gasteiger charge is -2.22. The predicted molar refractivity (Wildman–Crippen MR) is 87.2 cm³/mol. The highest BCUT2D eigenvalue weighted by Gasteiger charge is 2.14. The minimum absolute atomic E-state index is 0.118. The van der Waals surface area contributed by atoms with Crippen LogP contribution in [0.25, 0.3) is 0 Å². The molecule has 2 rings (SSSR count). The van der Waals surface area contributed by atoms with Gasteiger partial charge in [-0.1, -0.05) is 45.7 Å². The molecule has 2 nitrogen and oxygen atoms in total. The zero-order valence-electron chi connectivity index (χ0n) is 11.4. The normalized spacial score (nSPS) is 14.0. The second kappa shape index (κ2) is 6.61. The molecule has 2 atom stereocenters. The fraction of sp³-hybridized carbons (Fsp3) is 0.250. The monoisotopic (exact) mass is 353 g/mol. The van der Waals surface area contributed by atoms with Crippen LogP contribution in [0.2, 0.25) is 5.02 Å². The number of phenolic OH excluding ortho intramolecular Hbond substituents is 1. The maximum absolute atomic E-state index is 9.53. The van der Waals surface area contributed by atoms with Crippen molar-refractivity contribution in [3.05, 3.63) is 63.1 Å². The summed E-state index contributed by atoms with van der Waals surface area (Å²) < 4.78 is 0.972. The minimum atomic E-state index is 0.118. The molecule has 0 spiro atoms. The summed E-state index contributed by atoms with van der Waals surface area (Å²) in [6, 6.07) is 13.4. The second-order valence-corrected chi connectivity index (χ2v) is 6.19. The zero-order chi connectivity index (χ0) is 14.7. The number of aromatic hydroxyl groups is 1. The number of phenols is 1. The standard InChI is InChI=1S/C16H17BrClNO/c1-10(12-4-3-5-14(20)8-12)19-11(2)15-7-6-13(17)9-16(15)18/h3-11,19-20H,1-2H3. The van der Waals surface area contributed by atoms with E-state index in [0.29, 0.717) is 0 Å². The molecule has 4 heteroatoms. The minimum Gasteiger partial charge on any atom is -0.508 e. The van der Waals surface area contributed by atoms with E-state index in [1.807, 2.05) is 30.3 Å². The Morgan fingerprint density at radius 1 is 1.10 bits per heavy atom. The highest BCUT2D eigenvalue weighted by Crippen LogP contribution is 2.28. The van der Waals surface area contributed by atoms with Gasteiger partial charge in [0, 0.05) is 21.6 Å². The van der Waals surface area contributed by atoms with E-state index < -0.39 is 0 Å². The molecule has 0 fully saturated rings. The molecule has 0 bridgehead atoms. The lowest BCUT2D eigenvalue weighted by Crippen LogP contribution is -2.22. The largest absolute Gasteiger partial charge is 0.508 e. The summed E-state index contributed by atoms with van der Waals surface area (Å²) in [5.74, 6) is 0.283. The molecule has 0 amide bonds. The Hall–Kier alpha value is -1.03. The van der Waals surface area contributed by atoms with Crippen LogP contribution in [0, 0.1) is 0 Å². The van der Waals surface area contributed by atoms with Gasteiger partial charge in [0.2, 0.25) is 0 Å². The third-order valence-corrected chi connectivity index (χ3v) is 4.12. The Bertz CT molecular complexity index is 603. The SMILES string of the molecule is CC(NC(C)c1ccc(Br)cc1Cl)c1cccc(O)c1. The van der Waals surface area contributed by atoms with Crippen LogP contribution in [0.4, 0.5) is 0 Å². The molecule has 20 heavy (non-hydrogen) atoms. The first-order valence-electron chi connectivity index (χ1n) is 6.47. The molecule has 0 radical (unpaired) electrons. The van der Waals surface area contributed by atoms with E-state index in [2.05, 4.69) is 35.1 Å². The second-order valence-electron chi connectivity index (χ2n) is 4.87. The highest BCUT2D eigenvalue weighted by atomic mass is 79.9. The molecule has 0 saturated heterocycles. The van der Waals surface area contributed by atoms with E-state index in [4.69, 9.17) is 11.6 Å². The van der Waals surface area contributed by atoms with Gasteiger partial charge in [0.25, 0.3) is 0 Å². The molecule has 0 heterocycles. The third-order valence-electron chi connectivity index (χ3n) is 3.30. The van der Waals surface area contributed by atoms with Crippen molar-refractivity contribution in [2.45, 2.75) is 25.9 Å². The smallest absolute Gasteiger partial charge is 0.115 e. The maximum atomic E-state index is 9.53. The van der Waals surface area contributed by atoms with E-state index in [-0.39, 0.29) is 17.8 Å². The highest BCUT2D eigenvalue weighted by molar-refractivity contribution is 9.10. The fourth-order valence-electron chi connectivity index (χ4n) is 2.21. The number of benzene rings is 2. The molecule has 0 aliphatic heterocycles. The van der Waals surface area contributed by atoms with Crippen molar-refractivity contribution in [3.8, 4) is 5.75 Å². The predicted octanol–water partition coefficient (Wildman–Crippen LogP) is 5.22. The van der Waals surface area contributed by atoms with Gasteiger partial charge < -0.3 is 10.4 Å². The number of hydrogen-bond donors (Lipinski definition) is 2. The van der Waals surface area contributed by atoms with Crippen LogP contribution >= 0.6 is 27.5 Å². The van der Waals surface area contributed by atoms with E-state index in [1.165, 1.54) is 0 Å². The van der Waals surface area contributed by atoms with Gasteiger partial charge in [-0.05, 0) is 49.2 Å². The van der Waals surface area contributed by atoms with E-state index >= 15 is 0 Å². The van der Waals surface area contributed by atoms with Gasteiger partial charge in [0.15, 0.2) is 0 Å². The molecule has 2 N–H and O–H groups in total. The number of hydrogen-bond acceptors (Lipinski definition) is 2. The van der Waals surface area contributed by atoms with Crippen molar-refractivity contribution in [2.24, 2.45) is 0 Å². The van der Waals surface area contributed by atoms with Crippen LogP contribution in [0.3, 0.4) is 0 Å². The summed E-state index contributed by atoms with van der Waals surface area (Å²) in [6.45, 7) is 4.15. The summed E-state index contributed by atoms with van der Waals surface area (Å²) in [5, 5.41) is 13.8. The molecule has 2 aromatic carbocycles. The lowest BCUT2D eigenvalue weighted by molar-refractivity contribution is 0.466. The molecule has 2 aromatic rings. The van der Waals surface area contributed by atoms with Gasteiger partial charge in [0.05, 0.1) is 0 Å². The zero-order valence-corrected chi connectivity index (χ0v) is 13.7. The van der Waals surface area contributed by atoms with E-state index in [1.54, 1.807) is 12.1 Å². The first-order valence-corrected chi connectivity index (χ1v) is 7.64. The topological polar surface area (TPSA) is 32.3 Å². The Morgan fingerprint density at radius 3 is 2.50 bits per heavy atom. The van der Waals surface area contributed by atoms with E-state index in [0.717, 1.165) is 20.6 Å². The van der Waals surface area contributed by atoms with E-state index in [9.17, 15) is 5.11 Å². The Labute approximate surface area is 132 Å². The molecule has 0 aromatic heterocycles. The average molecular weight is 355 g/mol. The van der Waals surface area contributed by atoms with Crippen LogP contribution in [0.5, 0.6) is 5.75 Å². The Kier molecular flexibility index (Phi) is 5.08. The Morgan fingerprint density at radius 2 is 1.85 bits per heavy atom. The molecule has 106 valence electrons. The molecule has 0 aliphatic carbocycles. The first-order chi connectivity index (χ1) is 9.47. The first kappa shape index (κ1) is 15.4. The van der Waals surface area contributed by atoms with Gasteiger partial charge in [-0.2, -0.15) is 0 Å². The summed E-state index contributed by atoms with van der Waals surface area (Å²) in [4.78, 5) is 0. The van der Waals surface area contributed by atoms with Crippen molar-refractivity contribution in [3.63, 3.8) is 0 Å². The lowest BCUT2D eigenvalue weighted by atomic mass is 10.0. The summed E-state index contributed by atoms with van der Waals surface area (Å²) in [6.07, 6.45) is 0. The van der Waals surface area contributed by atoms with Crippen molar-refractivity contribution >= 4 is 27.5 Å². The van der Waals surface area contributed by atoms with Crippen LogP contribution in [-0.4, -0.2) is 5.11 Å².